The Morgan fingerprint density at radius 3 is 1.29 bits per heavy atom. The van der Waals surface area contributed by atoms with Crippen LogP contribution in [0.4, 0.5) is 31.1 Å². The summed E-state index contributed by atoms with van der Waals surface area (Å²) in [4.78, 5) is 37.3. The standard InChI is InChI=1S/C20H14F6N2O3/c21-12-1-10(2-13(22)5-12)16(25)8-27-18(29)7-19(30)28(20(27)31)9-17(26)11-3-14(23)6-15(24)4-11/h1-6,16-17H,7-9H2/t16-,17-/m1/s1. The van der Waals surface area contributed by atoms with Gasteiger partial charge in [-0.2, -0.15) is 0 Å². The summed E-state index contributed by atoms with van der Waals surface area (Å²) in [6.45, 7) is -1.95. The van der Waals surface area contributed by atoms with Crippen LogP contribution in [0.2, 0.25) is 0 Å². The van der Waals surface area contributed by atoms with Crippen LogP contribution in [0.25, 0.3) is 0 Å². The molecule has 1 aliphatic rings. The van der Waals surface area contributed by atoms with Gasteiger partial charge in [0.2, 0.25) is 11.8 Å². The van der Waals surface area contributed by atoms with Gasteiger partial charge in [0.05, 0.1) is 13.1 Å². The molecule has 3 rings (SSSR count). The summed E-state index contributed by atoms with van der Waals surface area (Å²) in [7, 11) is 0. The molecule has 1 saturated heterocycles. The van der Waals surface area contributed by atoms with Crippen LogP contribution in [0.15, 0.2) is 36.4 Å². The molecule has 0 spiro atoms. The zero-order valence-electron chi connectivity index (χ0n) is 15.6. The van der Waals surface area contributed by atoms with Gasteiger partial charge in [0, 0.05) is 12.1 Å². The second-order valence-electron chi connectivity index (χ2n) is 6.81. The Kier molecular flexibility index (Phi) is 6.32. The van der Waals surface area contributed by atoms with Crippen molar-refractivity contribution in [2.75, 3.05) is 13.1 Å². The summed E-state index contributed by atoms with van der Waals surface area (Å²) in [5, 5.41) is 0. The van der Waals surface area contributed by atoms with E-state index in [1.807, 2.05) is 0 Å². The highest BCUT2D eigenvalue weighted by Gasteiger charge is 2.40. The number of halogens is 6. The molecule has 2 aromatic rings. The number of barbiturate groups is 1. The van der Waals surface area contributed by atoms with Crippen LogP contribution in [0.5, 0.6) is 0 Å². The summed E-state index contributed by atoms with van der Waals surface area (Å²) in [6.07, 6.45) is -5.27. The van der Waals surface area contributed by atoms with E-state index in [-0.39, 0.29) is 0 Å². The van der Waals surface area contributed by atoms with Gasteiger partial charge in [0.15, 0.2) is 0 Å². The third-order valence-electron chi connectivity index (χ3n) is 4.55. The molecule has 31 heavy (non-hydrogen) atoms. The molecule has 0 radical (unpaired) electrons. The van der Waals surface area contributed by atoms with Crippen LogP contribution in [-0.4, -0.2) is 40.7 Å². The Labute approximate surface area is 171 Å². The van der Waals surface area contributed by atoms with E-state index in [0.29, 0.717) is 46.2 Å². The van der Waals surface area contributed by atoms with Gasteiger partial charge in [-0.1, -0.05) is 0 Å². The van der Waals surface area contributed by atoms with Crippen molar-refractivity contribution in [3.63, 3.8) is 0 Å². The summed E-state index contributed by atoms with van der Waals surface area (Å²) < 4.78 is 82.2. The fraction of sp³-hybridized carbons (Fsp3) is 0.250. The molecule has 4 amide bonds. The quantitative estimate of drug-likeness (QED) is 0.497. The highest BCUT2D eigenvalue weighted by molar-refractivity contribution is 6.14. The number of hydrogen-bond acceptors (Lipinski definition) is 3. The van der Waals surface area contributed by atoms with Crippen molar-refractivity contribution in [3.8, 4) is 0 Å². The minimum atomic E-state index is -2.19. The van der Waals surface area contributed by atoms with E-state index < -0.39 is 84.1 Å². The van der Waals surface area contributed by atoms with Crippen molar-refractivity contribution in [2.45, 2.75) is 18.8 Å². The van der Waals surface area contributed by atoms with Crippen molar-refractivity contribution in [2.24, 2.45) is 0 Å². The SMILES string of the molecule is O=C1CC(=O)N(C[C@@H](F)c2cc(F)cc(F)c2)C(=O)N1C[C@@H](F)c1cc(F)cc(F)c1. The van der Waals surface area contributed by atoms with Crippen LogP contribution in [0, 0.1) is 23.3 Å². The monoisotopic (exact) mass is 444 g/mol. The number of carbonyl (C=O) groups excluding carboxylic acids is 3. The second-order valence-corrected chi connectivity index (χ2v) is 6.81. The van der Waals surface area contributed by atoms with Gasteiger partial charge in [-0.3, -0.25) is 19.4 Å². The summed E-state index contributed by atoms with van der Waals surface area (Å²) in [5.41, 5.74) is -0.972. The Morgan fingerprint density at radius 2 is 0.968 bits per heavy atom. The zero-order valence-corrected chi connectivity index (χ0v) is 15.6. The van der Waals surface area contributed by atoms with E-state index in [1.165, 1.54) is 0 Å². The van der Waals surface area contributed by atoms with Crippen molar-refractivity contribution in [1.29, 1.82) is 0 Å². The predicted octanol–water partition coefficient (Wildman–Crippen LogP) is 4.15. The first kappa shape index (κ1) is 22.3. The number of hydrogen-bond donors (Lipinski definition) is 0. The topological polar surface area (TPSA) is 57.7 Å². The molecule has 2 aromatic carbocycles. The molecule has 2 atom stereocenters. The van der Waals surface area contributed by atoms with Crippen LogP contribution in [0.1, 0.15) is 29.9 Å². The molecule has 1 aliphatic heterocycles. The Bertz CT molecular complexity index is 928. The number of nitrogens with zero attached hydrogens (tertiary/aromatic N) is 2. The Morgan fingerprint density at radius 1 is 0.645 bits per heavy atom. The van der Waals surface area contributed by atoms with Gasteiger partial charge in [0.25, 0.3) is 0 Å². The lowest BCUT2D eigenvalue weighted by molar-refractivity contribution is -0.143. The normalized spacial score (nSPS) is 16.6. The lowest BCUT2D eigenvalue weighted by Gasteiger charge is -2.34. The van der Waals surface area contributed by atoms with E-state index in [0.717, 1.165) is 0 Å². The maximum atomic E-state index is 14.5. The lowest BCUT2D eigenvalue weighted by Crippen LogP contribution is -2.56. The first-order chi connectivity index (χ1) is 14.5. The number of benzene rings is 2. The summed E-state index contributed by atoms with van der Waals surface area (Å²) in [6, 6.07) is 2.34. The van der Waals surface area contributed by atoms with Crippen molar-refractivity contribution < 1.29 is 40.7 Å². The minimum absolute atomic E-state index is 0.313. The summed E-state index contributed by atoms with van der Waals surface area (Å²) >= 11 is 0. The second kappa shape index (κ2) is 8.78. The average Bonchev–Trinajstić information content (AvgIpc) is 2.66. The van der Waals surface area contributed by atoms with Crippen molar-refractivity contribution >= 4 is 17.8 Å². The van der Waals surface area contributed by atoms with Gasteiger partial charge in [-0.25, -0.2) is 31.1 Å². The molecule has 1 fully saturated rings. The number of rotatable bonds is 6. The van der Waals surface area contributed by atoms with Gasteiger partial charge < -0.3 is 0 Å². The average molecular weight is 444 g/mol. The van der Waals surface area contributed by atoms with E-state index in [4.69, 9.17) is 0 Å². The molecule has 164 valence electrons. The summed E-state index contributed by atoms with van der Waals surface area (Å²) in [5.74, 6) is -6.47. The molecule has 0 saturated carbocycles. The van der Waals surface area contributed by atoms with Gasteiger partial charge in [-0.05, 0) is 35.4 Å². The molecule has 0 aromatic heterocycles. The Balaban J connectivity index is 1.77. The predicted molar refractivity (Wildman–Crippen MR) is 93.9 cm³/mol. The zero-order chi connectivity index (χ0) is 22.9. The Hall–Kier alpha value is -3.37. The number of carbonyl (C=O) groups is 3. The van der Waals surface area contributed by atoms with E-state index in [1.54, 1.807) is 0 Å². The smallest absolute Gasteiger partial charge is 0.274 e. The first-order valence-corrected chi connectivity index (χ1v) is 8.90. The molecule has 11 heteroatoms. The third kappa shape index (κ3) is 5.04. The molecule has 5 nitrogen and oxygen atoms in total. The molecule has 1 heterocycles. The van der Waals surface area contributed by atoms with Gasteiger partial charge in [0.1, 0.15) is 42.0 Å². The number of amides is 4. The fourth-order valence-corrected chi connectivity index (χ4v) is 3.08. The molecule has 0 aliphatic carbocycles. The lowest BCUT2D eigenvalue weighted by atomic mass is 10.1. The van der Waals surface area contributed by atoms with Crippen LogP contribution in [-0.2, 0) is 9.59 Å². The third-order valence-corrected chi connectivity index (χ3v) is 4.55. The van der Waals surface area contributed by atoms with Gasteiger partial charge in [-0.15, -0.1) is 0 Å². The largest absolute Gasteiger partial charge is 0.333 e. The number of urea groups is 1. The van der Waals surface area contributed by atoms with Crippen LogP contribution >= 0.6 is 0 Å². The maximum absolute atomic E-state index is 14.5. The fourth-order valence-electron chi connectivity index (χ4n) is 3.08. The number of imide groups is 2. The van der Waals surface area contributed by atoms with Crippen molar-refractivity contribution in [3.05, 3.63) is 70.8 Å². The highest BCUT2D eigenvalue weighted by atomic mass is 19.2. The van der Waals surface area contributed by atoms with Crippen LogP contribution < -0.4 is 0 Å². The van der Waals surface area contributed by atoms with Crippen LogP contribution in [0.3, 0.4) is 0 Å². The maximum Gasteiger partial charge on any atom is 0.333 e. The van der Waals surface area contributed by atoms with Crippen molar-refractivity contribution in [1.82, 2.24) is 9.80 Å². The molecule has 0 bridgehead atoms. The minimum Gasteiger partial charge on any atom is -0.274 e. The molecular formula is C20H14F6N2O3. The number of alkyl halides is 2. The highest BCUT2D eigenvalue weighted by Crippen LogP contribution is 2.26. The molecule has 0 unspecified atom stereocenters. The van der Waals surface area contributed by atoms with E-state index >= 15 is 0 Å². The molecule has 0 N–H and O–H groups in total. The van der Waals surface area contributed by atoms with E-state index in [9.17, 15) is 40.7 Å². The first-order valence-electron chi connectivity index (χ1n) is 8.90. The van der Waals surface area contributed by atoms with Gasteiger partial charge >= 0.3 is 6.03 Å². The van der Waals surface area contributed by atoms with E-state index in [2.05, 4.69) is 0 Å². The molecular weight excluding hydrogens is 430 g/mol.